The van der Waals surface area contributed by atoms with E-state index in [1.807, 2.05) is 47.1 Å². The third-order valence-corrected chi connectivity index (χ3v) is 4.50. The summed E-state index contributed by atoms with van der Waals surface area (Å²) in [6.45, 7) is 0.945. The number of hydrogen-bond donors (Lipinski definition) is 2. The molecule has 0 fully saturated rings. The van der Waals surface area contributed by atoms with E-state index in [1.165, 1.54) is 0 Å². The zero-order chi connectivity index (χ0) is 18.8. The largest absolute Gasteiger partial charge is 0.487 e. The molecular weight excluding hydrogens is 344 g/mol. The maximum atomic E-state index is 11.9. The minimum absolute atomic E-state index is 0.130. The van der Waals surface area contributed by atoms with Crippen molar-refractivity contribution in [2.24, 2.45) is 0 Å². The van der Waals surface area contributed by atoms with Crippen molar-refractivity contribution >= 4 is 18.0 Å². The topological polar surface area (TPSA) is 85.3 Å². The molecule has 0 radical (unpaired) electrons. The van der Waals surface area contributed by atoms with Gasteiger partial charge in [0.15, 0.2) is 0 Å². The van der Waals surface area contributed by atoms with Gasteiger partial charge in [-0.1, -0.05) is 18.2 Å². The Hall–Kier alpha value is -3.61. The van der Waals surface area contributed by atoms with E-state index in [-0.39, 0.29) is 5.91 Å². The Morgan fingerprint density at radius 1 is 1.22 bits per heavy atom. The Bertz CT molecular complexity index is 1030. The number of carbonyl (C=O) groups excluding carboxylic acids is 2. The van der Waals surface area contributed by atoms with E-state index in [0.717, 1.165) is 28.3 Å². The van der Waals surface area contributed by atoms with E-state index in [1.54, 1.807) is 13.1 Å². The molecule has 27 heavy (non-hydrogen) atoms. The first kappa shape index (κ1) is 16.8. The van der Waals surface area contributed by atoms with E-state index in [4.69, 9.17) is 9.84 Å². The van der Waals surface area contributed by atoms with Gasteiger partial charge in [-0.2, -0.15) is 5.10 Å². The molecule has 0 saturated carbocycles. The van der Waals surface area contributed by atoms with Crippen LogP contribution in [0.25, 0.3) is 11.3 Å². The third-order valence-electron chi connectivity index (χ3n) is 4.50. The number of nitrogens with one attached hydrogen (secondary N) is 2. The number of ether oxygens (including phenoxy) is 1. The van der Waals surface area contributed by atoms with Gasteiger partial charge in [-0.3, -0.25) is 14.3 Å². The molecule has 0 unspecified atom stereocenters. The smallest absolute Gasteiger partial charge is 0.251 e. The van der Waals surface area contributed by atoms with Crippen LogP contribution in [0.1, 0.15) is 21.6 Å². The van der Waals surface area contributed by atoms with Gasteiger partial charge in [-0.25, -0.2) is 0 Å². The fourth-order valence-corrected chi connectivity index (χ4v) is 3.10. The van der Waals surface area contributed by atoms with Crippen LogP contribution in [-0.2, 0) is 17.9 Å². The summed E-state index contributed by atoms with van der Waals surface area (Å²) in [6, 6.07) is 14.9. The lowest BCUT2D eigenvalue weighted by Crippen LogP contribution is -2.17. The predicted octanol–water partition coefficient (Wildman–Crippen LogP) is 2.42. The number of nitrogens with zero attached hydrogens (tertiary/aromatic N) is 2. The number of amides is 2. The van der Waals surface area contributed by atoms with E-state index >= 15 is 0 Å². The van der Waals surface area contributed by atoms with Crippen LogP contribution in [0.15, 0.2) is 48.5 Å². The second kappa shape index (κ2) is 6.95. The first-order valence-electron chi connectivity index (χ1n) is 8.53. The molecule has 0 saturated heterocycles. The highest BCUT2D eigenvalue weighted by molar-refractivity contribution is 5.95. The van der Waals surface area contributed by atoms with Gasteiger partial charge >= 0.3 is 0 Å². The van der Waals surface area contributed by atoms with Crippen LogP contribution in [0.4, 0.5) is 5.69 Å². The maximum Gasteiger partial charge on any atom is 0.251 e. The number of anilines is 1. The predicted molar refractivity (Wildman–Crippen MR) is 101 cm³/mol. The van der Waals surface area contributed by atoms with E-state index in [2.05, 4.69) is 10.6 Å². The summed E-state index contributed by atoms with van der Waals surface area (Å²) in [4.78, 5) is 22.5. The molecule has 2 N–H and O–H groups in total. The maximum absolute atomic E-state index is 11.9. The molecule has 2 heterocycles. The molecule has 1 aliphatic rings. The van der Waals surface area contributed by atoms with Crippen molar-refractivity contribution in [3.63, 3.8) is 0 Å². The van der Waals surface area contributed by atoms with Crippen molar-refractivity contribution in [3.8, 4) is 17.0 Å². The molecule has 0 atom stereocenters. The molecule has 0 bridgehead atoms. The summed E-state index contributed by atoms with van der Waals surface area (Å²) >= 11 is 0. The van der Waals surface area contributed by atoms with Crippen LogP contribution in [0.3, 0.4) is 0 Å². The van der Waals surface area contributed by atoms with Gasteiger partial charge in [-0.15, -0.1) is 0 Å². The summed E-state index contributed by atoms with van der Waals surface area (Å²) in [5.74, 6) is 0.602. The van der Waals surface area contributed by atoms with Gasteiger partial charge in [0.25, 0.3) is 5.91 Å². The van der Waals surface area contributed by atoms with Crippen LogP contribution in [-0.4, -0.2) is 29.1 Å². The number of hydrogen-bond acceptors (Lipinski definition) is 4. The van der Waals surface area contributed by atoms with E-state index in [9.17, 15) is 9.59 Å². The Balaban J connectivity index is 1.65. The lowest BCUT2D eigenvalue weighted by molar-refractivity contribution is -0.105. The number of benzene rings is 2. The minimum atomic E-state index is -0.130. The lowest BCUT2D eigenvalue weighted by Gasteiger charge is -2.08. The quantitative estimate of drug-likeness (QED) is 0.698. The summed E-state index contributed by atoms with van der Waals surface area (Å²) in [5.41, 5.74) is 4.88. The van der Waals surface area contributed by atoms with Crippen LogP contribution in [0.5, 0.6) is 5.75 Å². The zero-order valence-corrected chi connectivity index (χ0v) is 14.7. The minimum Gasteiger partial charge on any atom is -0.487 e. The molecule has 3 aromatic rings. The number of carbonyl (C=O) groups is 2. The van der Waals surface area contributed by atoms with Gasteiger partial charge in [0, 0.05) is 35.5 Å². The summed E-state index contributed by atoms with van der Waals surface area (Å²) < 4.78 is 7.81. The number of rotatable bonds is 4. The monoisotopic (exact) mass is 362 g/mol. The molecular formula is C20H18N4O3. The first-order valence-corrected chi connectivity index (χ1v) is 8.53. The van der Waals surface area contributed by atoms with Gasteiger partial charge in [0.2, 0.25) is 6.41 Å². The summed E-state index contributed by atoms with van der Waals surface area (Å²) in [5, 5.41) is 9.96. The van der Waals surface area contributed by atoms with Crippen molar-refractivity contribution in [1.29, 1.82) is 0 Å². The number of fused-ring (bicyclic) bond motifs is 2. The average Bonchev–Trinajstić information content (AvgIpc) is 3.02. The second-order valence-corrected chi connectivity index (χ2v) is 6.21. The average molecular weight is 362 g/mol. The van der Waals surface area contributed by atoms with Gasteiger partial charge in [0.05, 0.1) is 17.9 Å². The normalized spacial score (nSPS) is 12.2. The van der Waals surface area contributed by atoms with Crippen LogP contribution in [0, 0.1) is 0 Å². The van der Waals surface area contributed by atoms with E-state index < -0.39 is 0 Å². The Morgan fingerprint density at radius 2 is 2.11 bits per heavy atom. The Morgan fingerprint density at radius 3 is 2.93 bits per heavy atom. The number of aromatic nitrogens is 2. The molecule has 2 amide bonds. The van der Waals surface area contributed by atoms with Crippen LogP contribution < -0.4 is 15.4 Å². The third kappa shape index (κ3) is 3.27. The fraction of sp³-hybridized carbons (Fsp3) is 0.150. The summed E-state index contributed by atoms with van der Waals surface area (Å²) in [7, 11) is 1.61. The van der Waals surface area contributed by atoms with Crippen molar-refractivity contribution in [2.45, 2.75) is 13.2 Å². The Kier molecular flexibility index (Phi) is 4.33. The molecule has 0 aliphatic carbocycles. The molecule has 1 aliphatic heterocycles. The van der Waals surface area contributed by atoms with Crippen molar-refractivity contribution < 1.29 is 14.3 Å². The molecule has 136 valence electrons. The molecule has 2 aromatic carbocycles. The molecule has 1 aromatic heterocycles. The molecule has 7 nitrogen and oxygen atoms in total. The lowest BCUT2D eigenvalue weighted by atomic mass is 10.1. The molecule has 4 rings (SSSR count). The Labute approximate surface area is 156 Å². The van der Waals surface area contributed by atoms with Crippen molar-refractivity contribution in [1.82, 2.24) is 15.1 Å². The first-order chi connectivity index (χ1) is 13.2. The zero-order valence-electron chi connectivity index (χ0n) is 14.7. The standard InChI is InChI=1S/C20H18N4O3/c1-21-20(26)14-4-2-3-13(7-14)18-9-17-11-27-19-8-16(22-12-25)6-5-15(19)10-24(17)23-18/h2-9,12H,10-11H2,1H3,(H,21,26)(H,22,25). The molecule has 0 spiro atoms. The highest BCUT2D eigenvalue weighted by Crippen LogP contribution is 2.30. The highest BCUT2D eigenvalue weighted by Gasteiger charge is 2.18. The fourth-order valence-electron chi connectivity index (χ4n) is 3.10. The highest BCUT2D eigenvalue weighted by atomic mass is 16.5. The second-order valence-electron chi connectivity index (χ2n) is 6.21. The van der Waals surface area contributed by atoms with Gasteiger partial charge in [-0.05, 0) is 24.3 Å². The van der Waals surface area contributed by atoms with Crippen molar-refractivity contribution in [2.75, 3.05) is 12.4 Å². The SMILES string of the molecule is CNC(=O)c1cccc(-c2cc3n(n2)Cc2ccc(NC=O)cc2OC3)c1. The van der Waals surface area contributed by atoms with Gasteiger partial charge in [0.1, 0.15) is 12.4 Å². The molecule has 7 heteroatoms. The van der Waals surface area contributed by atoms with Gasteiger partial charge < -0.3 is 15.4 Å². The van der Waals surface area contributed by atoms with Crippen LogP contribution in [0.2, 0.25) is 0 Å². The van der Waals surface area contributed by atoms with Crippen LogP contribution >= 0.6 is 0 Å². The summed E-state index contributed by atoms with van der Waals surface area (Å²) in [6.07, 6.45) is 0.642. The van der Waals surface area contributed by atoms with Crippen molar-refractivity contribution in [3.05, 3.63) is 65.4 Å². The van der Waals surface area contributed by atoms with E-state index in [0.29, 0.717) is 30.8 Å².